The van der Waals surface area contributed by atoms with E-state index in [9.17, 15) is 26.7 Å². The lowest BCUT2D eigenvalue weighted by atomic mass is 9.94. The van der Waals surface area contributed by atoms with Crippen LogP contribution in [0.25, 0.3) is 22.3 Å². The van der Waals surface area contributed by atoms with Gasteiger partial charge in [-0.05, 0) is 65.8 Å². The van der Waals surface area contributed by atoms with Crippen molar-refractivity contribution in [1.29, 1.82) is 0 Å². The molecule has 3 nitrogen and oxygen atoms in total. The third-order valence-electron chi connectivity index (χ3n) is 8.14. The summed E-state index contributed by atoms with van der Waals surface area (Å²) in [4.78, 5) is 12.8. The summed E-state index contributed by atoms with van der Waals surface area (Å²) >= 11 is 0. The van der Waals surface area contributed by atoms with Crippen LogP contribution in [0.4, 0.5) is 22.0 Å². The predicted octanol–water partition coefficient (Wildman–Crippen LogP) is 12.2. The van der Waals surface area contributed by atoms with Gasteiger partial charge in [-0.3, -0.25) is 0 Å². The Kier molecular flexibility index (Phi) is 15.0. The second-order valence-corrected chi connectivity index (χ2v) is 11.8. The molecule has 46 heavy (non-hydrogen) atoms. The summed E-state index contributed by atoms with van der Waals surface area (Å²) in [7, 11) is 0. The van der Waals surface area contributed by atoms with Crippen molar-refractivity contribution in [1.82, 2.24) is 0 Å². The summed E-state index contributed by atoms with van der Waals surface area (Å²) in [6.07, 6.45) is 2.32. The van der Waals surface area contributed by atoms with Crippen LogP contribution in [-0.2, 0) is 4.74 Å². The van der Waals surface area contributed by atoms with Crippen LogP contribution >= 0.6 is 0 Å². The minimum atomic E-state index is -5.83. The van der Waals surface area contributed by atoms with E-state index >= 15 is 0 Å². The minimum Gasteiger partial charge on any atom is -0.494 e. The van der Waals surface area contributed by atoms with Crippen LogP contribution in [0.2, 0.25) is 0 Å². The smallest absolute Gasteiger partial charge is 0.457 e. The third kappa shape index (κ3) is 11.1. The first kappa shape index (κ1) is 37.0. The zero-order chi connectivity index (χ0) is 33.4. The summed E-state index contributed by atoms with van der Waals surface area (Å²) in [5.74, 6) is -5.57. The lowest BCUT2D eigenvalue weighted by Gasteiger charge is -2.28. The molecule has 3 rings (SSSR count). The Labute approximate surface area is 270 Å². The van der Waals surface area contributed by atoms with Gasteiger partial charge in [-0.15, -0.1) is 0 Å². The molecule has 3 aromatic carbocycles. The summed E-state index contributed by atoms with van der Waals surface area (Å²) in [5, 5.41) is 0. The van der Waals surface area contributed by atoms with Crippen LogP contribution in [-0.4, -0.2) is 30.8 Å². The second kappa shape index (κ2) is 18.7. The van der Waals surface area contributed by atoms with Gasteiger partial charge >= 0.3 is 18.1 Å². The SMILES string of the molecule is CCCCCCCCOc1ccc(-c2ccccc2-c2ccc(C(=O)OC(CCCCCCCC)C(F)(F)C(F)(F)F)cc2)cc1. The van der Waals surface area contributed by atoms with Gasteiger partial charge in [0, 0.05) is 0 Å². The van der Waals surface area contributed by atoms with E-state index in [0.717, 1.165) is 66.5 Å². The van der Waals surface area contributed by atoms with Crippen molar-refractivity contribution in [2.24, 2.45) is 0 Å². The Morgan fingerprint density at radius 1 is 0.630 bits per heavy atom. The molecule has 0 aliphatic carbocycles. The van der Waals surface area contributed by atoms with Gasteiger partial charge in [-0.2, -0.15) is 22.0 Å². The number of benzene rings is 3. The number of halogens is 5. The topological polar surface area (TPSA) is 35.5 Å². The molecule has 0 spiro atoms. The van der Waals surface area contributed by atoms with Gasteiger partial charge in [0.2, 0.25) is 0 Å². The lowest BCUT2D eigenvalue weighted by molar-refractivity contribution is -0.312. The molecule has 0 saturated heterocycles. The Bertz CT molecular complexity index is 1300. The third-order valence-corrected chi connectivity index (χ3v) is 8.14. The maximum Gasteiger partial charge on any atom is 0.457 e. The van der Waals surface area contributed by atoms with Crippen LogP contribution in [0.15, 0.2) is 72.8 Å². The summed E-state index contributed by atoms with van der Waals surface area (Å²) < 4.78 is 79.1. The largest absolute Gasteiger partial charge is 0.494 e. The predicted molar refractivity (Wildman–Crippen MR) is 174 cm³/mol. The van der Waals surface area contributed by atoms with E-state index in [0.29, 0.717) is 13.0 Å². The first-order valence-electron chi connectivity index (χ1n) is 16.7. The number of rotatable bonds is 20. The molecule has 252 valence electrons. The average molecular weight is 647 g/mol. The highest BCUT2D eigenvalue weighted by Crippen LogP contribution is 2.41. The number of ether oxygens (including phenoxy) is 2. The fourth-order valence-electron chi connectivity index (χ4n) is 5.38. The minimum absolute atomic E-state index is 0.0981. The summed E-state index contributed by atoms with van der Waals surface area (Å²) in [6.45, 7) is 4.90. The first-order chi connectivity index (χ1) is 22.1. The number of unbranched alkanes of at least 4 members (excludes halogenated alkanes) is 10. The highest BCUT2D eigenvalue weighted by Gasteiger charge is 2.63. The summed E-state index contributed by atoms with van der Waals surface area (Å²) in [5.41, 5.74) is 3.41. The molecule has 3 aromatic rings. The van der Waals surface area contributed by atoms with Gasteiger partial charge in [0.1, 0.15) is 5.75 Å². The summed E-state index contributed by atoms with van der Waals surface area (Å²) in [6, 6.07) is 21.6. The molecule has 0 heterocycles. The molecular formula is C38H47F5O3. The standard InChI is InChI=1S/C38H47F5O3/c1-3-5-7-9-11-13-19-35(37(39,40)38(41,42)43)46-36(44)31-22-20-29(21-23-31)33-17-14-15-18-34(33)30-24-26-32(27-25-30)45-28-16-12-10-8-6-4-2/h14-15,17-18,20-27,35H,3-13,16,19,28H2,1-2H3. The van der Waals surface area contributed by atoms with Gasteiger partial charge in [-0.1, -0.05) is 127 Å². The molecule has 0 N–H and O–H groups in total. The van der Waals surface area contributed by atoms with E-state index in [1.807, 2.05) is 55.5 Å². The quantitative estimate of drug-likeness (QED) is 0.0696. The van der Waals surface area contributed by atoms with E-state index in [4.69, 9.17) is 9.47 Å². The molecule has 0 bridgehead atoms. The molecule has 0 aliphatic heterocycles. The van der Waals surface area contributed by atoms with Crippen molar-refractivity contribution in [3.05, 3.63) is 78.4 Å². The van der Waals surface area contributed by atoms with Gasteiger partial charge in [0.05, 0.1) is 12.2 Å². The normalized spacial score (nSPS) is 12.6. The number of hydrogen-bond acceptors (Lipinski definition) is 3. The molecule has 0 radical (unpaired) electrons. The van der Waals surface area contributed by atoms with Crippen molar-refractivity contribution in [2.45, 2.75) is 116 Å². The highest BCUT2D eigenvalue weighted by molar-refractivity contribution is 5.91. The second-order valence-electron chi connectivity index (χ2n) is 11.8. The maximum atomic E-state index is 14.3. The van der Waals surface area contributed by atoms with Crippen molar-refractivity contribution < 1.29 is 36.2 Å². The molecule has 8 heteroatoms. The number of carbonyl (C=O) groups is 1. The zero-order valence-corrected chi connectivity index (χ0v) is 27.0. The van der Waals surface area contributed by atoms with Gasteiger partial charge in [0.15, 0.2) is 6.10 Å². The zero-order valence-electron chi connectivity index (χ0n) is 27.0. The maximum absolute atomic E-state index is 14.3. The van der Waals surface area contributed by atoms with Gasteiger partial charge in [-0.25, -0.2) is 4.79 Å². The van der Waals surface area contributed by atoms with Gasteiger partial charge < -0.3 is 9.47 Å². The van der Waals surface area contributed by atoms with E-state index in [1.54, 1.807) is 12.1 Å². The molecule has 0 saturated carbocycles. The Morgan fingerprint density at radius 2 is 1.11 bits per heavy atom. The fourth-order valence-corrected chi connectivity index (χ4v) is 5.38. The van der Waals surface area contributed by atoms with E-state index in [-0.39, 0.29) is 12.0 Å². The molecule has 0 aliphatic rings. The highest BCUT2D eigenvalue weighted by atomic mass is 19.4. The van der Waals surface area contributed by atoms with Crippen molar-refractivity contribution in [2.75, 3.05) is 6.61 Å². The van der Waals surface area contributed by atoms with E-state index < -0.39 is 30.6 Å². The first-order valence-corrected chi connectivity index (χ1v) is 16.7. The molecule has 1 unspecified atom stereocenters. The fraction of sp³-hybridized carbons (Fsp3) is 0.500. The Hall–Kier alpha value is -3.42. The van der Waals surface area contributed by atoms with Crippen LogP contribution in [0.5, 0.6) is 5.75 Å². The lowest BCUT2D eigenvalue weighted by Crippen LogP contribution is -2.49. The van der Waals surface area contributed by atoms with Crippen molar-refractivity contribution >= 4 is 5.97 Å². The number of alkyl halides is 5. The van der Waals surface area contributed by atoms with E-state index in [2.05, 4.69) is 6.92 Å². The van der Waals surface area contributed by atoms with E-state index in [1.165, 1.54) is 37.8 Å². The average Bonchev–Trinajstić information content (AvgIpc) is 3.05. The molecular weight excluding hydrogens is 599 g/mol. The molecule has 0 fully saturated rings. The van der Waals surface area contributed by atoms with Crippen molar-refractivity contribution in [3.8, 4) is 28.0 Å². The molecule has 0 aromatic heterocycles. The Balaban J connectivity index is 1.66. The van der Waals surface area contributed by atoms with Crippen LogP contribution in [0.1, 0.15) is 108 Å². The Morgan fingerprint density at radius 3 is 1.63 bits per heavy atom. The molecule has 1 atom stereocenters. The van der Waals surface area contributed by atoms with Crippen LogP contribution in [0.3, 0.4) is 0 Å². The number of carbonyl (C=O) groups excluding carboxylic acids is 1. The monoisotopic (exact) mass is 646 g/mol. The molecule has 0 amide bonds. The van der Waals surface area contributed by atoms with Gasteiger partial charge in [0.25, 0.3) is 0 Å². The number of esters is 1. The van der Waals surface area contributed by atoms with Crippen LogP contribution < -0.4 is 4.74 Å². The van der Waals surface area contributed by atoms with Crippen molar-refractivity contribution in [3.63, 3.8) is 0 Å². The number of hydrogen-bond donors (Lipinski definition) is 0. The van der Waals surface area contributed by atoms with Crippen LogP contribution in [0, 0.1) is 0 Å².